The molecule has 2 aliphatic rings. The van der Waals surface area contributed by atoms with E-state index in [1.807, 2.05) is 12.1 Å². The van der Waals surface area contributed by atoms with Crippen LogP contribution in [0.2, 0.25) is 0 Å². The van der Waals surface area contributed by atoms with E-state index >= 15 is 0 Å². The van der Waals surface area contributed by atoms with E-state index in [-0.39, 0.29) is 11.3 Å². The molecule has 2 aromatic heterocycles. The van der Waals surface area contributed by atoms with Gasteiger partial charge in [-0.2, -0.15) is 0 Å². The second-order valence-electron chi connectivity index (χ2n) is 7.88. The number of nitrogens with zero attached hydrogens (tertiary/aromatic N) is 4. The van der Waals surface area contributed by atoms with E-state index in [0.717, 1.165) is 53.8 Å². The Hall–Kier alpha value is -3.79. The number of thioether (sulfide) groups is 1. The van der Waals surface area contributed by atoms with Gasteiger partial charge in [-0.05, 0) is 67.8 Å². The summed E-state index contributed by atoms with van der Waals surface area (Å²) in [6, 6.07) is 9.97. The number of rotatable bonds is 5. The number of benzene rings is 1. The number of aromatic nitrogens is 4. The topological polar surface area (TPSA) is 122 Å². The SMILES string of the molecule is Cc1cccc(Nc2ncnc3c2CC(Nc2nccc(/C=C4\SC(=O)NC4=O)n2)CC3)c1. The van der Waals surface area contributed by atoms with Gasteiger partial charge >= 0.3 is 0 Å². The van der Waals surface area contributed by atoms with Crippen molar-refractivity contribution in [3.05, 3.63) is 70.3 Å². The summed E-state index contributed by atoms with van der Waals surface area (Å²) >= 11 is 0.865. The molecule has 3 N–H and O–H groups in total. The van der Waals surface area contributed by atoms with Crippen LogP contribution in [0.5, 0.6) is 0 Å². The van der Waals surface area contributed by atoms with Gasteiger partial charge in [0.25, 0.3) is 11.1 Å². The first-order chi connectivity index (χ1) is 16.0. The van der Waals surface area contributed by atoms with Crippen molar-refractivity contribution < 1.29 is 9.59 Å². The van der Waals surface area contributed by atoms with Gasteiger partial charge in [-0.25, -0.2) is 19.9 Å². The number of fused-ring (bicyclic) bond motifs is 1. The van der Waals surface area contributed by atoms with Crippen LogP contribution >= 0.6 is 11.8 Å². The van der Waals surface area contributed by atoms with Gasteiger partial charge in [0, 0.05) is 29.2 Å². The largest absolute Gasteiger partial charge is 0.351 e. The van der Waals surface area contributed by atoms with E-state index in [1.54, 1.807) is 24.7 Å². The van der Waals surface area contributed by atoms with Crippen molar-refractivity contribution in [3.63, 3.8) is 0 Å². The first kappa shape index (κ1) is 21.1. The lowest BCUT2D eigenvalue weighted by atomic mass is 9.92. The van der Waals surface area contributed by atoms with Gasteiger partial charge in [0.05, 0.1) is 10.6 Å². The van der Waals surface area contributed by atoms with Crippen LogP contribution in [0, 0.1) is 6.92 Å². The summed E-state index contributed by atoms with van der Waals surface area (Å²) in [6.07, 6.45) is 7.26. The number of anilines is 3. The molecule has 2 amide bonds. The van der Waals surface area contributed by atoms with Crippen molar-refractivity contribution >= 4 is 46.4 Å². The van der Waals surface area contributed by atoms with Crippen LogP contribution < -0.4 is 16.0 Å². The molecule has 0 spiro atoms. The maximum atomic E-state index is 11.8. The molecule has 1 aliphatic carbocycles. The van der Waals surface area contributed by atoms with Crippen molar-refractivity contribution in [2.75, 3.05) is 10.6 Å². The Morgan fingerprint density at radius 2 is 2.09 bits per heavy atom. The minimum atomic E-state index is -0.407. The summed E-state index contributed by atoms with van der Waals surface area (Å²) in [4.78, 5) is 41.3. The molecular formula is C23H21N7O2S. The van der Waals surface area contributed by atoms with Crippen LogP contribution in [0.25, 0.3) is 6.08 Å². The molecule has 1 unspecified atom stereocenters. The minimum absolute atomic E-state index is 0.107. The van der Waals surface area contributed by atoms with Crippen molar-refractivity contribution in [1.82, 2.24) is 25.3 Å². The third-order valence-corrected chi connectivity index (χ3v) is 6.24. The summed E-state index contributed by atoms with van der Waals surface area (Å²) in [7, 11) is 0. The number of amides is 2. The van der Waals surface area contributed by atoms with Gasteiger partial charge in [0.2, 0.25) is 5.95 Å². The molecule has 1 fully saturated rings. The van der Waals surface area contributed by atoms with Crippen LogP contribution in [-0.4, -0.2) is 37.1 Å². The predicted octanol–water partition coefficient (Wildman–Crippen LogP) is 3.61. The summed E-state index contributed by atoms with van der Waals surface area (Å²) in [5.74, 6) is 0.874. The van der Waals surface area contributed by atoms with E-state index in [9.17, 15) is 9.59 Å². The molecule has 1 aromatic carbocycles. The minimum Gasteiger partial charge on any atom is -0.351 e. The fourth-order valence-corrected chi connectivity index (χ4v) is 4.56. The third kappa shape index (κ3) is 4.85. The highest BCUT2D eigenvalue weighted by atomic mass is 32.2. The summed E-state index contributed by atoms with van der Waals surface area (Å²) in [6.45, 7) is 2.06. The molecule has 1 atom stereocenters. The number of hydrogen-bond donors (Lipinski definition) is 3. The Bertz CT molecular complexity index is 1280. The maximum absolute atomic E-state index is 11.8. The molecule has 33 heavy (non-hydrogen) atoms. The highest BCUT2D eigenvalue weighted by Crippen LogP contribution is 2.29. The van der Waals surface area contributed by atoms with Crippen LogP contribution in [0.4, 0.5) is 22.2 Å². The smallest absolute Gasteiger partial charge is 0.290 e. The third-order valence-electron chi connectivity index (χ3n) is 5.43. The first-order valence-electron chi connectivity index (χ1n) is 10.5. The lowest BCUT2D eigenvalue weighted by molar-refractivity contribution is -0.115. The molecule has 3 heterocycles. The first-order valence-corrected chi connectivity index (χ1v) is 11.4. The van der Waals surface area contributed by atoms with Crippen LogP contribution in [0.1, 0.15) is 28.9 Å². The highest BCUT2D eigenvalue weighted by Gasteiger charge is 2.26. The lowest BCUT2D eigenvalue weighted by Crippen LogP contribution is -2.29. The van der Waals surface area contributed by atoms with Crippen molar-refractivity contribution in [3.8, 4) is 0 Å². The number of carbonyl (C=O) groups excluding carboxylic acids is 2. The van der Waals surface area contributed by atoms with E-state index < -0.39 is 5.91 Å². The Kier molecular flexibility index (Phi) is 5.74. The summed E-state index contributed by atoms with van der Waals surface area (Å²) in [5, 5.41) is 8.69. The fraction of sp³-hybridized carbons (Fsp3) is 0.217. The Labute approximate surface area is 194 Å². The van der Waals surface area contributed by atoms with Gasteiger partial charge in [0.15, 0.2) is 0 Å². The maximum Gasteiger partial charge on any atom is 0.290 e. The van der Waals surface area contributed by atoms with Crippen molar-refractivity contribution in [2.24, 2.45) is 0 Å². The van der Waals surface area contributed by atoms with Gasteiger partial charge in [-0.1, -0.05) is 12.1 Å². The molecular weight excluding hydrogens is 438 g/mol. The number of hydrogen-bond acceptors (Lipinski definition) is 9. The van der Waals surface area contributed by atoms with Gasteiger partial charge < -0.3 is 10.6 Å². The lowest BCUT2D eigenvalue weighted by Gasteiger charge is -2.26. The number of carbonyl (C=O) groups is 2. The van der Waals surface area contributed by atoms with Crippen molar-refractivity contribution in [1.29, 1.82) is 0 Å². The fourth-order valence-electron chi connectivity index (χ4n) is 3.89. The molecule has 1 aliphatic heterocycles. The highest BCUT2D eigenvalue weighted by molar-refractivity contribution is 8.18. The molecule has 0 bridgehead atoms. The van der Waals surface area contributed by atoms with Crippen LogP contribution in [0.3, 0.4) is 0 Å². The molecule has 3 aromatic rings. The Balaban J connectivity index is 1.32. The molecule has 10 heteroatoms. The quantitative estimate of drug-likeness (QED) is 0.491. The zero-order chi connectivity index (χ0) is 22.8. The standard InChI is InChI=1S/C23H21N7O2S/c1-13-3-2-4-14(9-13)27-20-17-10-15(5-6-18(17)25-12-26-20)28-22-24-8-7-16(29-22)11-19-21(31)30-23(32)33-19/h2-4,7-9,11-12,15H,5-6,10H2,1H3,(H,24,28,29)(H,25,26,27)(H,30,31,32)/b19-11-. The Morgan fingerprint density at radius 1 is 1.18 bits per heavy atom. The zero-order valence-corrected chi connectivity index (χ0v) is 18.6. The predicted molar refractivity (Wildman–Crippen MR) is 127 cm³/mol. The zero-order valence-electron chi connectivity index (χ0n) is 17.8. The Morgan fingerprint density at radius 3 is 2.91 bits per heavy atom. The number of aryl methyl sites for hydroxylation is 2. The normalized spacial score (nSPS) is 18.7. The van der Waals surface area contributed by atoms with E-state index in [1.165, 1.54) is 5.56 Å². The molecule has 9 nitrogen and oxygen atoms in total. The van der Waals surface area contributed by atoms with Crippen LogP contribution in [-0.2, 0) is 17.6 Å². The van der Waals surface area contributed by atoms with Gasteiger partial charge in [-0.3, -0.25) is 14.9 Å². The van der Waals surface area contributed by atoms with Gasteiger partial charge in [-0.15, -0.1) is 0 Å². The summed E-state index contributed by atoms with van der Waals surface area (Å²) in [5.41, 5.74) is 4.85. The molecule has 0 radical (unpaired) electrons. The van der Waals surface area contributed by atoms with E-state index in [2.05, 4.69) is 54.9 Å². The van der Waals surface area contributed by atoms with Crippen molar-refractivity contribution in [2.45, 2.75) is 32.2 Å². The number of imide groups is 1. The average Bonchev–Trinajstić information content (AvgIpc) is 3.11. The molecule has 0 saturated carbocycles. The number of nitrogens with one attached hydrogen (secondary N) is 3. The molecule has 5 rings (SSSR count). The van der Waals surface area contributed by atoms with Crippen LogP contribution in [0.15, 0.2) is 47.8 Å². The second kappa shape index (κ2) is 8.99. The summed E-state index contributed by atoms with van der Waals surface area (Å²) < 4.78 is 0. The van der Waals surface area contributed by atoms with E-state index in [4.69, 9.17) is 0 Å². The molecule has 1 saturated heterocycles. The second-order valence-corrected chi connectivity index (χ2v) is 8.90. The molecule has 166 valence electrons. The average molecular weight is 460 g/mol. The van der Waals surface area contributed by atoms with E-state index in [0.29, 0.717) is 16.5 Å². The monoisotopic (exact) mass is 459 g/mol. The van der Waals surface area contributed by atoms with Gasteiger partial charge in [0.1, 0.15) is 12.1 Å².